The standard InChI is InChI=1S/C15H26N4O2/c1-18(2)7-8-19(12-13-5-4-6-17-11-13)15(20)9-14(10-16)21-3/h4-6,11,14H,7-10,12,16H2,1-3H3. The Morgan fingerprint density at radius 3 is 2.71 bits per heavy atom. The molecular formula is C15H26N4O2. The Labute approximate surface area is 126 Å². The molecule has 0 aromatic carbocycles. The molecule has 0 spiro atoms. The van der Waals surface area contributed by atoms with E-state index >= 15 is 0 Å². The van der Waals surface area contributed by atoms with E-state index in [-0.39, 0.29) is 12.0 Å². The molecule has 0 aliphatic carbocycles. The molecule has 0 saturated heterocycles. The third-order valence-corrected chi connectivity index (χ3v) is 3.26. The van der Waals surface area contributed by atoms with Gasteiger partial charge in [0.1, 0.15) is 0 Å². The number of nitrogens with zero attached hydrogens (tertiary/aromatic N) is 3. The summed E-state index contributed by atoms with van der Waals surface area (Å²) in [7, 11) is 5.56. The Kier molecular flexibility index (Phi) is 7.89. The molecule has 1 aromatic rings. The first kappa shape index (κ1) is 17.6. The molecule has 1 atom stereocenters. The predicted octanol–water partition coefficient (Wildman–Crippen LogP) is 0.336. The lowest BCUT2D eigenvalue weighted by Gasteiger charge is -2.26. The highest BCUT2D eigenvalue weighted by atomic mass is 16.5. The van der Waals surface area contributed by atoms with Crippen LogP contribution >= 0.6 is 0 Å². The summed E-state index contributed by atoms with van der Waals surface area (Å²) in [6.07, 6.45) is 3.59. The van der Waals surface area contributed by atoms with Gasteiger partial charge in [-0.05, 0) is 25.7 Å². The lowest BCUT2D eigenvalue weighted by Crippen LogP contribution is -2.39. The van der Waals surface area contributed by atoms with Gasteiger partial charge in [-0.25, -0.2) is 0 Å². The number of ether oxygens (including phenoxy) is 1. The molecule has 1 amide bonds. The number of carbonyl (C=O) groups is 1. The highest BCUT2D eigenvalue weighted by molar-refractivity contribution is 5.76. The summed E-state index contributed by atoms with van der Waals surface area (Å²) in [5, 5.41) is 0. The third kappa shape index (κ3) is 6.66. The van der Waals surface area contributed by atoms with Crippen molar-refractivity contribution in [2.75, 3.05) is 40.8 Å². The third-order valence-electron chi connectivity index (χ3n) is 3.26. The first-order chi connectivity index (χ1) is 10.1. The second-order valence-corrected chi connectivity index (χ2v) is 5.28. The minimum Gasteiger partial charge on any atom is -0.380 e. The first-order valence-corrected chi connectivity index (χ1v) is 7.11. The van der Waals surface area contributed by atoms with Crippen molar-refractivity contribution >= 4 is 5.91 Å². The van der Waals surface area contributed by atoms with Crippen LogP contribution in [0.2, 0.25) is 0 Å². The average Bonchev–Trinajstić information content (AvgIpc) is 2.49. The van der Waals surface area contributed by atoms with Gasteiger partial charge in [-0.15, -0.1) is 0 Å². The Hall–Kier alpha value is -1.50. The van der Waals surface area contributed by atoms with E-state index in [1.807, 2.05) is 31.1 Å². The maximum Gasteiger partial charge on any atom is 0.225 e. The number of rotatable bonds is 9. The van der Waals surface area contributed by atoms with Crippen molar-refractivity contribution in [3.8, 4) is 0 Å². The lowest BCUT2D eigenvalue weighted by molar-refractivity contribution is -0.134. The van der Waals surface area contributed by atoms with Gasteiger partial charge in [-0.1, -0.05) is 6.07 Å². The highest BCUT2D eigenvalue weighted by Gasteiger charge is 2.18. The molecule has 0 aliphatic heterocycles. The number of hydrogen-bond acceptors (Lipinski definition) is 5. The van der Waals surface area contributed by atoms with Crippen molar-refractivity contribution in [2.24, 2.45) is 5.73 Å². The smallest absolute Gasteiger partial charge is 0.225 e. The van der Waals surface area contributed by atoms with Crippen LogP contribution in [0.4, 0.5) is 0 Å². The van der Waals surface area contributed by atoms with Crippen molar-refractivity contribution in [1.29, 1.82) is 0 Å². The lowest BCUT2D eigenvalue weighted by atomic mass is 10.2. The number of amides is 1. The van der Waals surface area contributed by atoms with Crippen molar-refractivity contribution < 1.29 is 9.53 Å². The Bertz CT molecular complexity index is 407. The average molecular weight is 294 g/mol. The van der Waals surface area contributed by atoms with Crippen molar-refractivity contribution in [2.45, 2.75) is 19.1 Å². The molecule has 2 N–H and O–H groups in total. The van der Waals surface area contributed by atoms with E-state index in [9.17, 15) is 4.79 Å². The molecule has 118 valence electrons. The number of likely N-dealkylation sites (N-methyl/N-ethyl adjacent to an activating group) is 1. The zero-order chi connectivity index (χ0) is 15.7. The summed E-state index contributed by atoms with van der Waals surface area (Å²) >= 11 is 0. The Morgan fingerprint density at radius 1 is 1.43 bits per heavy atom. The van der Waals surface area contributed by atoms with Crippen molar-refractivity contribution in [3.63, 3.8) is 0 Å². The second kappa shape index (κ2) is 9.44. The molecule has 0 radical (unpaired) electrons. The minimum atomic E-state index is -0.228. The normalized spacial score (nSPS) is 12.4. The van der Waals surface area contributed by atoms with Crippen LogP contribution in [0.15, 0.2) is 24.5 Å². The van der Waals surface area contributed by atoms with Gasteiger partial charge in [-0.3, -0.25) is 9.78 Å². The summed E-state index contributed by atoms with van der Waals surface area (Å²) in [5.41, 5.74) is 6.61. The van der Waals surface area contributed by atoms with Gasteiger partial charge in [0.15, 0.2) is 0 Å². The van der Waals surface area contributed by atoms with Gasteiger partial charge >= 0.3 is 0 Å². The fraction of sp³-hybridized carbons (Fsp3) is 0.600. The maximum absolute atomic E-state index is 12.4. The highest BCUT2D eigenvalue weighted by Crippen LogP contribution is 2.07. The van der Waals surface area contributed by atoms with Crippen LogP contribution in [0.3, 0.4) is 0 Å². The fourth-order valence-electron chi connectivity index (χ4n) is 1.91. The summed E-state index contributed by atoms with van der Waals surface area (Å²) in [4.78, 5) is 20.4. The van der Waals surface area contributed by atoms with Crippen LogP contribution < -0.4 is 5.73 Å². The molecular weight excluding hydrogens is 268 g/mol. The first-order valence-electron chi connectivity index (χ1n) is 7.11. The molecule has 0 saturated carbocycles. The maximum atomic E-state index is 12.4. The molecule has 1 unspecified atom stereocenters. The molecule has 0 bridgehead atoms. The van der Waals surface area contributed by atoms with Gasteiger partial charge in [0.05, 0.1) is 12.5 Å². The van der Waals surface area contributed by atoms with E-state index in [2.05, 4.69) is 9.88 Å². The van der Waals surface area contributed by atoms with Gasteiger partial charge in [-0.2, -0.15) is 0 Å². The molecule has 1 heterocycles. The zero-order valence-corrected chi connectivity index (χ0v) is 13.2. The van der Waals surface area contributed by atoms with Gasteiger partial charge < -0.3 is 20.3 Å². The SMILES string of the molecule is COC(CN)CC(=O)N(CCN(C)C)Cc1cccnc1. The van der Waals surface area contributed by atoms with Crippen molar-refractivity contribution in [3.05, 3.63) is 30.1 Å². The van der Waals surface area contributed by atoms with E-state index < -0.39 is 0 Å². The molecule has 6 heteroatoms. The Balaban J connectivity index is 2.69. The topological polar surface area (TPSA) is 71.7 Å². The quantitative estimate of drug-likeness (QED) is 0.711. The summed E-state index contributed by atoms with van der Waals surface area (Å²) in [6, 6.07) is 3.85. The summed E-state index contributed by atoms with van der Waals surface area (Å²) < 4.78 is 5.20. The molecule has 0 aliphatic rings. The van der Waals surface area contributed by atoms with Crippen LogP contribution in [-0.4, -0.2) is 67.6 Å². The number of pyridine rings is 1. The van der Waals surface area contributed by atoms with Crippen LogP contribution in [0, 0.1) is 0 Å². The molecule has 6 nitrogen and oxygen atoms in total. The van der Waals surface area contributed by atoms with Gasteiger partial charge in [0.2, 0.25) is 5.91 Å². The second-order valence-electron chi connectivity index (χ2n) is 5.28. The summed E-state index contributed by atoms with van der Waals surface area (Å²) in [6.45, 7) is 2.38. The number of hydrogen-bond donors (Lipinski definition) is 1. The van der Waals surface area contributed by atoms with Crippen LogP contribution in [0.5, 0.6) is 0 Å². The number of carbonyl (C=O) groups excluding carboxylic acids is 1. The van der Waals surface area contributed by atoms with E-state index in [1.54, 1.807) is 19.5 Å². The number of aromatic nitrogens is 1. The van der Waals surface area contributed by atoms with Crippen LogP contribution in [0.1, 0.15) is 12.0 Å². The molecule has 21 heavy (non-hydrogen) atoms. The van der Waals surface area contributed by atoms with E-state index in [1.165, 1.54) is 0 Å². The fourth-order valence-corrected chi connectivity index (χ4v) is 1.91. The van der Waals surface area contributed by atoms with Crippen LogP contribution in [-0.2, 0) is 16.1 Å². The molecule has 1 aromatic heterocycles. The predicted molar refractivity (Wildman–Crippen MR) is 82.7 cm³/mol. The molecule has 1 rings (SSSR count). The summed E-state index contributed by atoms with van der Waals surface area (Å²) in [5.74, 6) is 0.0537. The monoisotopic (exact) mass is 294 g/mol. The van der Waals surface area contributed by atoms with Crippen LogP contribution in [0.25, 0.3) is 0 Å². The van der Waals surface area contributed by atoms with E-state index in [0.29, 0.717) is 26.1 Å². The van der Waals surface area contributed by atoms with E-state index in [4.69, 9.17) is 10.5 Å². The number of nitrogens with two attached hydrogens (primary N) is 1. The zero-order valence-electron chi connectivity index (χ0n) is 13.2. The van der Waals surface area contributed by atoms with Crippen molar-refractivity contribution in [1.82, 2.24) is 14.8 Å². The minimum absolute atomic E-state index is 0.0537. The molecule has 0 fully saturated rings. The van der Waals surface area contributed by atoms with Gasteiger partial charge in [0.25, 0.3) is 0 Å². The Morgan fingerprint density at radius 2 is 2.19 bits per heavy atom. The largest absolute Gasteiger partial charge is 0.380 e. The van der Waals surface area contributed by atoms with E-state index in [0.717, 1.165) is 12.1 Å². The van der Waals surface area contributed by atoms with Gasteiger partial charge in [0, 0.05) is 45.7 Å². The number of methoxy groups -OCH3 is 1.